The number of ether oxygens (including phenoxy) is 5. The highest BCUT2D eigenvalue weighted by molar-refractivity contribution is 8.00. The molecule has 264 valence electrons. The topological polar surface area (TPSA) is 135 Å². The van der Waals surface area contributed by atoms with Gasteiger partial charge in [0, 0.05) is 28.9 Å². The summed E-state index contributed by atoms with van der Waals surface area (Å²) >= 11 is 1.33. The molecule has 3 aromatic rings. The van der Waals surface area contributed by atoms with Crippen LogP contribution in [0.4, 0.5) is 18.0 Å². The molecule has 4 rings (SSSR count). The maximum absolute atomic E-state index is 15.6. The van der Waals surface area contributed by atoms with Crippen molar-refractivity contribution in [1.82, 2.24) is 14.8 Å². The van der Waals surface area contributed by atoms with E-state index in [1.165, 1.54) is 53.4 Å². The molecule has 0 aliphatic carbocycles. The van der Waals surface area contributed by atoms with E-state index in [-0.39, 0.29) is 62.2 Å². The van der Waals surface area contributed by atoms with Gasteiger partial charge in [-0.2, -0.15) is 10.4 Å². The van der Waals surface area contributed by atoms with E-state index in [0.717, 1.165) is 12.1 Å². The van der Waals surface area contributed by atoms with Crippen molar-refractivity contribution >= 4 is 30.0 Å². The average Bonchev–Trinajstić information content (AvgIpc) is 3.61. The Morgan fingerprint density at radius 3 is 2.64 bits per heavy atom. The van der Waals surface area contributed by atoms with Crippen LogP contribution in [0.3, 0.4) is 0 Å². The van der Waals surface area contributed by atoms with E-state index in [1.54, 1.807) is 31.2 Å². The maximum Gasteiger partial charge on any atom is 0.508 e. The van der Waals surface area contributed by atoms with Gasteiger partial charge in [0.2, 0.25) is 0 Å². The van der Waals surface area contributed by atoms with Gasteiger partial charge in [0.1, 0.15) is 36.7 Å². The molecule has 0 radical (unpaired) electrons. The third kappa shape index (κ3) is 10.8. The standard InChI is InChI=1S/C35H35F3N4O7S/c1-3-14-45-34(44)46-15-6-8-32(43)49-35(21-42-23-40-22-41-42,29-13-12-27(36)17-31(29)38)24(2)50-28-19-47-33(48-20-28)9-5-4-7-26-11-10-25(18-39)16-30(26)37/h3-5,7,9-13,16-17,22-24,28,33H,1,6,8,14-15,19-21H2,2H3/b7-4+,9-5+/t24-,28-,33-,35-/m1/s1. The fourth-order valence-corrected chi connectivity index (χ4v) is 6.28. The van der Waals surface area contributed by atoms with Crippen LogP contribution in [0.5, 0.6) is 0 Å². The third-order valence-corrected chi connectivity index (χ3v) is 8.79. The quantitative estimate of drug-likeness (QED) is 0.0721. The van der Waals surface area contributed by atoms with Crippen molar-refractivity contribution in [1.29, 1.82) is 5.26 Å². The van der Waals surface area contributed by atoms with Gasteiger partial charge in [0.15, 0.2) is 11.9 Å². The molecule has 2 aromatic carbocycles. The lowest BCUT2D eigenvalue weighted by molar-refractivity contribution is -0.164. The number of carbonyl (C=O) groups is 2. The number of hydrogen-bond acceptors (Lipinski definition) is 11. The molecule has 1 aliphatic rings. The number of allylic oxidation sites excluding steroid dienone is 2. The second-order valence-corrected chi connectivity index (χ2v) is 12.6. The van der Waals surface area contributed by atoms with Crippen LogP contribution in [0.25, 0.3) is 6.08 Å². The van der Waals surface area contributed by atoms with Crippen LogP contribution in [-0.2, 0) is 40.6 Å². The first kappa shape index (κ1) is 37.9. The maximum atomic E-state index is 15.6. The highest BCUT2D eigenvalue weighted by atomic mass is 32.2. The highest BCUT2D eigenvalue weighted by Gasteiger charge is 2.46. The first-order valence-electron chi connectivity index (χ1n) is 15.5. The van der Waals surface area contributed by atoms with Gasteiger partial charge in [-0.3, -0.25) is 4.79 Å². The van der Waals surface area contributed by atoms with Gasteiger partial charge in [0.25, 0.3) is 0 Å². The Hall–Kier alpha value is -4.91. The van der Waals surface area contributed by atoms with Crippen LogP contribution >= 0.6 is 11.8 Å². The zero-order valence-corrected chi connectivity index (χ0v) is 27.9. The van der Waals surface area contributed by atoms with Gasteiger partial charge in [0.05, 0.1) is 43.2 Å². The lowest BCUT2D eigenvalue weighted by atomic mass is 9.89. The summed E-state index contributed by atoms with van der Waals surface area (Å²) in [5.74, 6) is -2.97. The second kappa shape index (κ2) is 18.7. The van der Waals surface area contributed by atoms with Gasteiger partial charge in [-0.25, -0.2) is 27.6 Å². The molecule has 1 saturated heterocycles. The van der Waals surface area contributed by atoms with E-state index in [1.807, 2.05) is 6.07 Å². The van der Waals surface area contributed by atoms with Crippen LogP contribution in [0.1, 0.15) is 36.5 Å². The van der Waals surface area contributed by atoms with E-state index in [4.69, 9.17) is 28.9 Å². The Morgan fingerprint density at radius 1 is 1.16 bits per heavy atom. The van der Waals surface area contributed by atoms with Gasteiger partial charge in [-0.1, -0.05) is 36.9 Å². The number of esters is 1. The highest BCUT2D eigenvalue weighted by Crippen LogP contribution is 2.42. The summed E-state index contributed by atoms with van der Waals surface area (Å²) in [5, 5.41) is 12.1. The zero-order valence-electron chi connectivity index (χ0n) is 27.1. The van der Waals surface area contributed by atoms with Crippen molar-refractivity contribution in [2.45, 2.75) is 48.7 Å². The average molecular weight is 713 g/mol. The van der Waals surface area contributed by atoms with Crippen LogP contribution in [0.2, 0.25) is 0 Å². The number of benzene rings is 2. The zero-order chi connectivity index (χ0) is 35.9. The van der Waals surface area contributed by atoms with Crippen LogP contribution < -0.4 is 0 Å². The lowest BCUT2D eigenvalue weighted by Gasteiger charge is -2.40. The first-order valence-corrected chi connectivity index (χ1v) is 16.4. The van der Waals surface area contributed by atoms with Gasteiger partial charge < -0.3 is 23.7 Å². The van der Waals surface area contributed by atoms with Crippen LogP contribution in [-0.4, -0.2) is 70.1 Å². The third-order valence-electron chi connectivity index (χ3n) is 7.34. The smallest absolute Gasteiger partial charge is 0.451 e. The van der Waals surface area contributed by atoms with Crippen molar-refractivity contribution in [2.24, 2.45) is 0 Å². The molecule has 0 saturated carbocycles. The number of hydrogen-bond donors (Lipinski definition) is 0. The molecule has 0 bridgehead atoms. The Bertz CT molecular complexity index is 1710. The molecule has 15 heteroatoms. The number of nitrogens with zero attached hydrogens (tertiary/aromatic N) is 4. The number of nitriles is 1. The molecule has 0 spiro atoms. The summed E-state index contributed by atoms with van der Waals surface area (Å²) in [5.41, 5.74) is -1.24. The molecule has 1 fully saturated rings. The van der Waals surface area contributed by atoms with E-state index in [0.29, 0.717) is 11.6 Å². The van der Waals surface area contributed by atoms with E-state index >= 15 is 4.39 Å². The van der Waals surface area contributed by atoms with E-state index in [2.05, 4.69) is 16.7 Å². The van der Waals surface area contributed by atoms with Crippen molar-refractivity contribution in [3.05, 3.63) is 114 Å². The molecular weight excluding hydrogens is 677 g/mol. The summed E-state index contributed by atoms with van der Waals surface area (Å²) in [4.78, 5) is 28.9. The predicted molar refractivity (Wildman–Crippen MR) is 177 cm³/mol. The van der Waals surface area contributed by atoms with Gasteiger partial charge in [-0.05, 0) is 43.7 Å². The van der Waals surface area contributed by atoms with Crippen molar-refractivity contribution < 1.29 is 46.4 Å². The van der Waals surface area contributed by atoms with E-state index in [9.17, 15) is 18.4 Å². The minimum Gasteiger partial charge on any atom is -0.451 e. The minimum atomic E-state index is -1.71. The molecule has 1 aromatic heterocycles. The Balaban J connectivity index is 1.45. The molecule has 0 amide bonds. The largest absolute Gasteiger partial charge is 0.508 e. The Morgan fingerprint density at radius 2 is 1.96 bits per heavy atom. The molecule has 11 nitrogen and oxygen atoms in total. The van der Waals surface area contributed by atoms with Gasteiger partial charge >= 0.3 is 12.1 Å². The monoisotopic (exact) mass is 712 g/mol. The normalized spacial score (nSPS) is 17.9. The number of halogens is 3. The molecule has 0 unspecified atom stereocenters. The number of aromatic nitrogens is 3. The number of carbonyl (C=O) groups excluding carboxylic acids is 2. The first-order chi connectivity index (χ1) is 24.1. The number of thioether (sulfide) groups is 1. The van der Waals surface area contributed by atoms with Crippen molar-refractivity contribution in [3.8, 4) is 6.07 Å². The molecule has 2 atom stereocenters. The summed E-state index contributed by atoms with van der Waals surface area (Å²) in [6.07, 6.45) is 8.80. The van der Waals surface area contributed by atoms with Crippen molar-refractivity contribution in [3.63, 3.8) is 0 Å². The van der Waals surface area contributed by atoms with Crippen LogP contribution in [0, 0.1) is 28.8 Å². The number of rotatable bonds is 16. The predicted octanol–water partition coefficient (Wildman–Crippen LogP) is 6.26. The van der Waals surface area contributed by atoms with Crippen molar-refractivity contribution in [2.75, 3.05) is 26.4 Å². The summed E-state index contributed by atoms with van der Waals surface area (Å²) in [7, 11) is 0. The van der Waals surface area contributed by atoms with E-state index < -0.39 is 46.7 Å². The molecule has 1 aliphatic heterocycles. The fourth-order valence-electron chi connectivity index (χ4n) is 4.92. The second-order valence-electron chi connectivity index (χ2n) is 10.9. The molecule has 50 heavy (non-hydrogen) atoms. The SMILES string of the molecule is C=CCOC(=O)OCCCC(=O)O[C@@](Cn1cncn1)(c1ccc(F)cc1F)[C@@H](C)S[C@H]1CO[C@H](/C=C/C=C/c2ccc(C#N)cc2F)OC1. The Kier molecular flexibility index (Phi) is 14.2. The molecule has 2 heterocycles. The Labute approximate surface area is 291 Å². The van der Waals surface area contributed by atoms with Gasteiger partial charge in [-0.15, -0.1) is 11.8 Å². The molecule has 0 N–H and O–H groups in total. The fraction of sp³-hybridized carbons (Fsp3) is 0.343. The summed E-state index contributed by atoms with van der Waals surface area (Å²) in [6.45, 7) is 5.30. The summed E-state index contributed by atoms with van der Waals surface area (Å²) < 4.78 is 72.7. The van der Waals surface area contributed by atoms with Crippen LogP contribution in [0.15, 0.2) is 79.9 Å². The lowest BCUT2D eigenvalue weighted by Crippen LogP contribution is -2.47. The minimum absolute atomic E-state index is 0.0282. The molecular formula is C35H35F3N4O7S. The summed E-state index contributed by atoms with van der Waals surface area (Å²) in [6, 6.07) is 9.10.